The van der Waals surface area contributed by atoms with Crippen LogP contribution >= 0.6 is 0 Å². The minimum atomic E-state index is -1.69. The van der Waals surface area contributed by atoms with Gasteiger partial charge in [-0.2, -0.15) is 0 Å². The number of hydrogen-bond donors (Lipinski definition) is 2. The molecule has 0 amide bonds. The van der Waals surface area contributed by atoms with Gasteiger partial charge in [0.15, 0.2) is 0 Å². The summed E-state index contributed by atoms with van der Waals surface area (Å²) in [6, 6.07) is 16.1. The molecule has 2 N–H and O–H groups in total. The highest BCUT2D eigenvalue weighted by atomic mass is 16.6. The highest BCUT2D eigenvalue weighted by Gasteiger charge is 2.23. The van der Waals surface area contributed by atoms with Crippen molar-refractivity contribution in [3.05, 3.63) is 65.2 Å². The van der Waals surface area contributed by atoms with Crippen molar-refractivity contribution in [3.8, 4) is 5.75 Å². The Morgan fingerprint density at radius 3 is 2.64 bits per heavy atom. The molecule has 0 bridgehead atoms. The highest BCUT2D eigenvalue weighted by molar-refractivity contribution is 6.32. The molecule has 4 nitrogen and oxygen atoms in total. The summed E-state index contributed by atoms with van der Waals surface area (Å²) in [5, 5.41) is 17.8. The number of rotatable bonds is 5. The first-order chi connectivity index (χ1) is 10.7. The first-order valence-corrected chi connectivity index (χ1v) is 7.51. The fourth-order valence-corrected chi connectivity index (χ4v) is 2.82. The topological polar surface area (TPSA) is 58.9 Å². The molecule has 0 aromatic heterocycles. The fraction of sp³-hybridized carbons (Fsp3) is 0.294. The highest BCUT2D eigenvalue weighted by Crippen LogP contribution is 2.27. The van der Waals surface area contributed by atoms with Gasteiger partial charge in [-0.1, -0.05) is 36.4 Å². The summed E-state index contributed by atoms with van der Waals surface area (Å²) in [5.41, 5.74) is 3.58. The van der Waals surface area contributed by atoms with E-state index in [4.69, 9.17) is 19.4 Å². The maximum atomic E-state index is 8.89. The lowest BCUT2D eigenvalue weighted by atomic mass is 9.89. The van der Waals surface area contributed by atoms with E-state index in [0.717, 1.165) is 24.2 Å². The molecule has 3 rings (SSSR count). The van der Waals surface area contributed by atoms with Crippen LogP contribution < -0.4 is 4.74 Å². The van der Waals surface area contributed by atoms with E-state index in [1.54, 1.807) is 0 Å². The average molecular weight is 298 g/mol. The van der Waals surface area contributed by atoms with Crippen molar-refractivity contribution >= 4 is 7.32 Å². The van der Waals surface area contributed by atoms with Crippen LogP contribution in [-0.4, -0.2) is 23.5 Å². The minimum Gasteiger partial charge on any atom is -0.489 e. The van der Waals surface area contributed by atoms with Gasteiger partial charge in [-0.3, -0.25) is 0 Å². The third kappa shape index (κ3) is 3.88. The minimum absolute atomic E-state index is 0.136. The van der Waals surface area contributed by atoms with E-state index in [9.17, 15) is 0 Å². The van der Waals surface area contributed by atoms with Gasteiger partial charge in [0.25, 0.3) is 0 Å². The lowest BCUT2D eigenvalue weighted by Crippen LogP contribution is -2.30. The molecule has 0 saturated carbocycles. The van der Waals surface area contributed by atoms with Crippen LogP contribution in [0.15, 0.2) is 48.5 Å². The van der Waals surface area contributed by atoms with Crippen molar-refractivity contribution in [2.24, 2.45) is 0 Å². The van der Waals surface area contributed by atoms with Gasteiger partial charge >= 0.3 is 7.32 Å². The van der Waals surface area contributed by atoms with E-state index in [-0.39, 0.29) is 6.10 Å². The first-order valence-electron chi connectivity index (χ1n) is 7.51. The third-order valence-corrected chi connectivity index (χ3v) is 3.92. The number of aryl methyl sites for hydroxylation is 1. The Morgan fingerprint density at radius 2 is 1.86 bits per heavy atom. The van der Waals surface area contributed by atoms with Gasteiger partial charge in [-0.25, -0.2) is 0 Å². The summed E-state index contributed by atoms with van der Waals surface area (Å²) in [6.45, 7) is 0.558. The Labute approximate surface area is 130 Å². The molecule has 2 aromatic rings. The van der Waals surface area contributed by atoms with Crippen LogP contribution in [0.4, 0.5) is 0 Å². The van der Waals surface area contributed by atoms with Crippen molar-refractivity contribution in [1.82, 2.24) is 0 Å². The molecule has 2 aromatic carbocycles. The smallest absolute Gasteiger partial charge is 0.489 e. The van der Waals surface area contributed by atoms with Gasteiger partial charge in [0.1, 0.15) is 12.4 Å². The van der Waals surface area contributed by atoms with Crippen LogP contribution in [0.3, 0.4) is 0 Å². The second-order valence-corrected chi connectivity index (χ2v) is 5.53. The Bertz CT molecular complexity index is 615. The molecule has 1 unspecified atom stereocenters. The SMILES string of the molecule is OB(O)OC1CCc2cc(OCc3ccccc3)ccc2C1. The Morgan fingerprint density at radius 1 is 1.05 bits per heavy atom. The number of fused-ring (bicyclic) bond motifs is 1. The lowest BCUT2D eigenvalue weighted by Gasteiger charge is -2.25. The molecule has 0 aliphatic heterocycles. The van der Waals surface area contributed by atoms with Crippen molar-refractivity contribution in [2.75, 3.05) is 0 Å². The summed E-state index contributed by atoms with van der Waals surface area (Å²) in [7, 11) is -1.69. The summed E-state index contributed by atoms with van der Waals surface area (Å²) < 4.78 is 10.9. The monoisotopic (exact) mass is 298 g/mol. The molecule has 0 saturated heterocycles. The van der Waals surface area contributed by atoms with Gasteiger partial charge in [0.2, 0.25) is 0 Å². The van der Waals surface area contributed by atoms with Crippen LogP contribution in [0.1, 0.15) is 23.1 Å². The zero-order valence-corrected chi connectivity index (χ0v) is 12.3. The maximum Gasteiger partial charge on any atom is 0.634 e. The molecule has 5 heteroatoms. The largest absolute Gasteiger partial charge is 0.634 e. The number of ether oxygens (including phenoxy) is 1. The quantitative estimate of drug-likeness (QED) is 0.830. The third-order valence-electron chi connectivity index (χ3n) is 3.92. The molecule has 114 valence electrons. The van der Waals surface area contributed by atoms with Gasteiger partial charge in [-0.15, -0.1) is 0 Å². The van der Waals surface area contributed by atoms with Crippen LogP contribution in [0, 0.1) is 0 Å². The standard InChI is InChI=1S/C17H19BO4/c19-18(20)22-17-9-7-14-10-16(8-6-15(14)11-17)21-12-13-4-2-1-3-5-13/h1-6,8,10,17,19-20H,7,9,11-12H2. The summed E-state index contributed by atoms with van der Waals surface area (Å²) in [5.74, 6) is 0.865. The summed E-state index contributed by atoms with van der Waals surface area (Å²) >= 11 is 0. The van der Waals surface area contributed by atoms with Crippen molar-refractivity contribution < 1.29 is 19.4 Å². The van der Waals surface area contributed by atoms with Crippen molar-refractivity contribution in [2.45, 2.75) is 32.0 Å². The Balaban J connectivity index is 1.62. The van der Waals surface area contributed by atoms with E-state index >= 15 is 0 Å². The van der Waals surface area contributed by atoms with Gasteiger partial charge in [0.05, 0.1) is 0 Å². The van der Waals surface area contributed by atoms with Crippen molar-refractivity contribution in [1.29, 1.82) is 0 Å². The van der Waals surface area contributed by atoms with Gasteiger partial charge in [-0.05, 0) is 48.1 Å². The molecular formula is C17H19BO4. The second kappa shape index (κ2) is 6.96. The van der Waals surface area contributed by atoms with Gasteiger partial charge < -0.3 is 19.4 Å². The van der Waals surface area contributed by atoms with E-state index in [1.165, 1.54) is 11.1 Å². The first kappa shape index (κ1) is 15.1. The predicted molar refractivity (Wildman–Crippen MR) is 84.3 cm³/mol. The molecule has 1 aliphatic carbocycles. The molecule has 0 fully saturated rings. The number of hydrogen-bond acceptors (Lipinski definition) is 4. The van der Waals surface area contributed by atoms with Crippen LogP contribution in [0.2, 0.25) is 0 Å². The molecule has 1 atom stereocenters. The summed E-state index contributed by atoms with van der Waals surface area (Å²) in [6.07, 6.45) is 2.21. The normalized spacial score (nSPS) is 16.9. The van der Waals surface area contributed by atoms with E-state index in [1.807, 2.05) is 42.5 Å². The zero-order valence-electron chi connectivity index (χ0n) is 12.3. The Hall–Kier alpha value is -1.82. The zero-order chi connectivity index (χ0) is 15.4. The van der Waals surface area contributed by atoms with Crippen LogP contribution in [-0.2, 0) is 24.1 Å². The fourth-order valence-electron chi connectivity index (χ4n) is 2.82. The summed E-state index contributed by atoms with van der Waals surface area (Å²) in [4.78, 5) is 0. The molecule has 0 spiro atoms. The second-order valence-electron chi connectivity index (χ2n) is 5.53. The lowest BCUT2D eigenvalue weighted by molar-refractivity contribution is 0.108. The van der Waals surface area contributed by atoms with Gasteiger partial charge in [0, 0.05) is 6.10 Å². The van der Waals surface area contributed by atoms with E-state index in [0.29, 0.717) is 13.0 Å². The average Bonchev–Trinajstić information content (AvgIpc) is 2.53. The van der Waals surface area contributed by atoms with E-state index < -0.39 is 7.32 Å². The molecule has 22 heavy (non-hydrogen) atoms. The number of benzene rings is 2. The molecule has 0 heterocycles. The molecular weight excluding hydrogens is 279 g/mol. The van der Waals surface area contributed by atoms with E-state index in [2.05, 4.69) is 6.07 Å². The van der Waals surface area contributed by atoms with Crippen LogP contribution in [0.5, 0.6) is 5.75 Å². The van der Waals surface area contributed by atoms with Crippen LogP contribution in [0.25, 0.3) is 0 Å². The Kier molecular flexibility index (Phi) is 4.78. The predicted octanol–water partition coefficient (Wildman–Crippen LogP) is 2.11. The molecule has 0 radical (unpaired) electrons. The molecule has 1 aliphatic rings. The maximum absolute atomic E-state index is 8.89. The van der Waals surface area contributed by atoms with Crippen molar-refractivity contribution in [3.63, 3.8) is 0 Å².